The monoisotopic (exact) mass is 536 g/mol. The van der Waals surface area contributed by atoms with Crippen molar-refractivity contribution >= 4 is 34.7 Å². The third kappa shape index (κ3) is 11.5. The second kappa shape index (κ2) is 15.5. The first-order valence-corrected chi connectivity index (χ1v) is 13.0. The van der Waals surface area contributed by atoms with Crippen LogP contribution < -0.4 is 10.6 Å². The van der Waals surface area contributed by atoms with Crippen molar-refractivity contribution in [2.24, 2.45) is 5.41 Å². The summed E-state index contributed by atoms with van der Waals surface area (Å²) < 4.78 is 17.1. The topological polar surface area (TPSA) is 181 Å². The number of aliphatic hydroxyl groups excluding tert-OH is 2. The minimum atomic E-state index is -1.65. The van der Waals surface area contributed by atoms with Crippen LogP contribution in [0.25, 0.3) is 0 Å². The largest absolute Gasteiger partial charge is 0.481 e. The maximum atomic E-state index is 12.9. The van der Waals surface area contributed by atoms with E-state index in [0.29, 0.717) is 12.2 Å². The molecule has 1 fully saturated rings. The van der Waals surface area contributed by atoms with Gasteiger partial charge in [0.15, 0.2) is 5.12 Å². The van der Waals surface area contributed by atoms with E-state index >= 15 is 0 Å². The number of carboxylic acid groups (broad SMARTS) is 1. The molecular weight excluding hydrogens is 496 g/mol. The zero-order chi connectivity index (χ0) is 27.4. The Balaban J connectivity index is 2.49. The maximum Gasteiger partial charge on any atom is 0.303 e. The van der Waals surface area contributed by atoms with E-state index in [1.54, 1.807) is 20.8 Å². The Morgan fingerprint density at radius 3 is 2.39 bits per heavy atom. The Hall–Kier alpha value is -1.77. The summed E-state index contributed by atoms with van der Waals surface area (Å²) in [5.74, 6) is -3.14. The van der Waals surface area contributed by atoms with E-state index < -0.39 is 41.6 Å². The number of carbonyl (C=O) groups excluding carboxylic acids is 3. The predicted molar refractivity (Wildman–Crippen MR) is 131 cm³/mol. The third-order valence-corrected chi connectivity index (χ3v) is 6.54. The number of carbonyl (C=O) groups is 4. The number of nitrogens with one attached hydrogen (secondary N) is 2. The van der Waals surface area contributed by atoms with E-state index in [1.165, 1.54) is 7.11 Å². The van der Waals surface area contributed by atoms with Gasteiger partial charge < -0.3 is 40.2 Å². The summed E-state index contributed by atoms with van der Waals surface area (Å²) >= 11 is 0.959. The lowest BCUT2D eigenvalue weighted by Gasteiger charge is -2.47. The van der Waals surface area contributed by atoms with Crippen molar-refractivity contribution in [2.75, 3.05) is 32.6 Å². The third-order valence-electron chi connectivity index (χ3n) is 5.60. The highest BCUT2D eigenvalue weighted by Crippen LogP contribution is 2.38. The molecule has 0 aliphatic carbocycles. The first-order valence-electron chi connectivity index (χ1n) is 12.0. The fourth-order valence-electron chi connectivity index (χ4n) is 3.42. The van der Waals surface area contributed by atoms with Crippen molar-refractivity contribution in [3.05, 3.63) is 0 Å². The summed E-state index contributed by atoms with van der Waals surface area (Å²) in [6.07, 6.45) is -2.42. The van der Waals surface area contributed by atoms with Gasteiger partial charge in [-0.1, -0.05) is 32.5 Å². The number of rotatable bonds is 16. The molecule has 1 heterocycles. The Morgan fingerprint density at radius 1 is 1.08 bits per heavy atom. The number of carboxylic acids is 1. The van der Waals surface area contributed by atoms with Crippen molar-refractivity contribution in [3.63, 3.8) is 0 Å². The molecule has 0 bridgehead atoms. The fraction of sp³-hybridized carbons (Fsp3) is 0.826. The van der Waals surface area contributed by atoms with Crippen LogP contribution in [0, 0.1) is 5.41 Å². The first kappa shape index (κ1) is 32.3. The van der Waals surface area contributed by atoms with Crippen molar-refractivity contribution in [1.29, 1.82) is 0 Å². The minimum absolute atomic E-state index is 0.00998. The highest BCUT2D eigenvalue weighted by Gasteiger charge is 2.51. The second-order valence-corrected chi connectivity index (χ2v) is 10.5. The van der Waals surface area contributed by atoms with E-state index in [0.717, 1.165) is 11.8 Å². The summed E-state index contributed by atoms with van der Waals surface area (Å²) in [5.41, 5.74) is -0.716. The van der Waals surface area contributed by atoms with Gasteiger partial charge in [0.1, 0.15) is 6.10 Å². The lowest BCUT2D eigenvalue weighted by atomic mass is 9.85. The quantitative estimate of drug-likeness (QED) is 0.172. The zero-order valence-corrected chi connectivity index (χ0v) is 22.2. The number of ether oxygens (including phenoxy) is 3. The number of amides is 2. The van der Waals surface area contributed by atoms with Crippen LogP contribution in [0.15, 0.2) is 0 Å². The average Bonchev–Trinajstić information content (AvgIpc) is 2.81. The van der Waals surface area contributed by atoms with E-state index in [2.05, 4.69) is 10.6 Å². The minimum Gasteiger partial charge on any atom is -0.481 e. The van der Waals surface area contributed by atoms with Gasteiger partial charge in [0.05, 0.1) is 31.7 Å². The Morgan fingerprint density at radius 2 is 1.78 bits per heavy atom. The molecule has 0 saturated carbocycles. The Bertz CT molecular complexity index is 750. The van der Waals surface area contributed by atoms with Gasteiger partial charge in [-0.15, -0.1) is 0 Å². The highest BCUT2D eigenvalue weighted by atomic mass is 32.2. The van der Waals surface area contributed by atoms with Crippen LogP contribution in [-0.4, -0.2) is 95.1 Å². The van der Waals surface area contributed by atoms with Crippen molar-refractivity contribution < 1.29 is 48.7 Å². The molecule has 0 aromatic heterocycles. The van der Waals surface area contributed by atoms with Crippen LogP contribution in [0.5, 0.6) is 0 Å². The number of aliphatic carboxylic acids is 1. The van der Waals surface area contributed by atoms with Gasteiger partial charge >= 0.3 is 5.97 Å². The zero-order valence-electron chi connectivity index (χ0n) is 21.4. The van der Waals surface area contributed by atoms with Gasteiger partial charge in [-0.3, -0.25) is 19.2 Å². The molecule has 0 aromatic rings. The molecule has 0 aromatic carbocycles. The Kier molecular flexibility index (Phi) is 13.9. The SMILES string of the molecule is CCC(O)CC(O)CC1(OC)OCC(C)(C)[C@H](C(=O)NCCC(=O)NCCSC(=O)CCC(=O)O)O1. The lowest BCUT2D eigenvalue weighted by molar-refractivity contribution is -0.429. The summed E-state index contributed by atoms with van der Waals surface area (Å²) in [4.78, 5) is 46.9. The molecule has 36 heavy (non-hydrogen) atoms. The number of hydrogen-bond donors (Lipinski definition) is 5. The predicted octanol–water partition coefficient (Wildman–Crippen LogP) is 0.387. The summed E-state index contributed by atoms with van der Waals surface area (Å²) in [5, 5.41) is 33.8. The van der Waals surface area contributed by atoms with Crippen LogP contribution in [0.1, 0.15) is 59.3 Å². The van der Waals surface area contributed by atoms with Gasteiger partial charge in [-0.2, -0.15) is 0 Å². The molecule has 1 aliphatic rings. The van der Waals surface area contributed by atoms with E-state index in [-0.39, 0.29) is 62.8 Å². The number of thioether (sulfide) groups is 1. The molecule has 12 nitrogen and oxygen atoms in total. The van der Waals surface area contributed by atoms with Crippen LogP contribution in [0.3, 0.4) is 0 Å². The molecule has 4 atom stereocenters. The molecule has 0 spiro atoms. The van der Waals surface area contributed by atoms with Crippen LogP contribution in [0.4, 0.5) is 0 Å². The van der Waals surface area contributed by atoms with Crippen LogP contribution >= 0.6 is 11.8 Å². The van der Waals surface area contributed by atoms with Crippen molar-refractivity contribution in [1.82, 2.24) is 10.6 Å². The standard InChI is InChI=1S/C23H40N2O10S/c1-5-15(26)12-16(27)13-23(33-4)34-14-22(2,3)20(35-23)21(32)25-9-8-17(28)24-10-11-36-19(31)7-6-18(29)30/h15-16,20,26-27H,5-14H2,1-4H3,(H,24,28)(H,25,32)(H,29,30)/t15?,16?,20-,23?/m0/s1. The molecule has 13 heteroatoms. The van der Waals surface area contributed by atoms with Gasteiger partial charge in [0, 0.05) is 44.2 Å². The number of methoxy groups -OCH3 is 1. The highest BCUT2D eigenvalue weighted by molar-refractivity contribution is 8.13. The lowest BCUT2D eigenvalue weighted by Crippen LogP contribution is -2.60. The second-order valence-electron chi connectivity index (χ2n) is 9.32. The fourth-order valence-corrected chi connectivity index (χ4v) is 4.10. The molecular formula is C23H40N2O10S. The van der Waals surface area contributed by atoms with Gasteiger partial charge in [0.2, 0.25) is 11.8 Å². The molecule has 5 N–H and O–H groups in total. The van der Waals surface area contributed by atoms with Gasteiger partial charge in [-0.05, 0) is 12.8 Å². The maximum absolute atomic E-state index is 12.9. The van der Waals surface area contributed by atoms with Crippen LogP contribution in [-0.2, 0) is 33.4 Å². The molecule has 3 unspecified atom stereocenters. The first-order chi connectivity index (χ1) is 16.8. The van der Waals surface area contributed by atoms with Gasteiger partial charge in [-0.25, -0.2) is 0 Å². The van der Waals surface area contributed by atoms with E-state index in [1.807, 2.05) is 0 Å². The van der Waals surface area contributed by atoms with Crippen molar-refractivity contribution in [2.45, 2.75) is 83.6 Å². The smallest absolute Gasteiger partial charge is 0.303 e. The number of aliphatic hydroxyl groups is 2. The molecule has 2 amide bonds. The molecule has 0 radical (unpaired) electrons. The summed E-state index contributed by atoms with van der Waals surface area (Å²) in [6.45, 7) is 5.78. The van der Waals surface area contributed by atoms with E-state index in [9.17, 15) is 29.4 Å². The van der Waals surface area contributed by atoms with E-state index in [4.69, 9.17) is 19.3 Å². The molecule has 1 saturated heterocycles. The Labute approximate surface area is 215 Å². The summed E-state index contributed by atoms with van der Waals surface area (Å²) in [6, 6.07) is 0. The van der Waals surface area contributed by atoms with Crippen LogP contribution in [0.2, 0.25) is 0 Å². The molecule has 208 valence electrons. The summed E-state index contributed by atoms with van der Waals surface area (Å²) in [7, 11) is 1.35. The normalized spacial score (nSPS) is 22.9. The number of hydrogen-bond acceptors (Lipinski definition) is 10. The molecule has 1 rings (SSSR count). The van der Waals surface area contributed by atoms with Gasteiger partial charge in [0.25, 0.3) is 5.97 Å². The molecule has 1 aliphatic heterocycles. The average molecular weight is 537 g/mol. The van der Waals surface area contributed by atoms with Crippen molar-refractivity contribution in [3.8, 4) is 0 Å².